The van der Waals surface area contributed by atoms with Gasteiger partial charge in [-0.25, -0.2) is 0 Å². The van der Waals surface area contributed by atoms with E-state index >= 15 is 0 Å². The number of phenolic OH excluding ortho intramolecular Hbond substituents is 1. The summed E-state index contributed by atoms with van der Waals surface area (Å²) in [6, 6.07) is 19.4. The first kappa shape index (κ1) is 25.6. The molecule has 37 heavy (non-hydrogen) atoms. The summed E-state index contributed by atoms with van der Waals surface area (Å²) in [6.07, 6.45) is 0. The van der Waals surface area contributed by atoms with Crippen LogP contribution in [-0.4, -0.2) is 45.2 Å². The number of aromatic hydroxyl groups is 1. The molecular weight excluding hydrogens is 496 g/mol. The lowest BCUT2D eigenvalue weighted by molar-refractivity contribution is 0.102. The van der Waals surface area contributed by atoms with Crippen molar-refractivity contribution in [3.05, 3.63) is 78.4 Å². The van der Waals surface area contributed by atoms with Crippen LogP contribution in [0.15, 0.2) is 87.9 Å². The average Bonchev–Trinajstić information content (AvgIpc) is 2.87. The van der Waals surface area contributed by atoms with E-state index in [0.717, 1.165) is 11.8 Å². The van der Waals surface area contributed by atoms with Gasteiger partial charge in [0.1, 0.15) is 22.0 Å². The molecule has 0 spiro atoms. The Morgan fingerprint density at radius 1 is 0.973 bits per heavy atom. The molecule has 0 atom stereocenters. The minimum absolute atomic E-state index is 0.245. The second-order valence-electron chi connectivity index (χ2n) is 8.25. The summed E-state index contributed by atoms with van der Waals surface area (Å²) in [5, 5.41) is 22.0. The maximum Gasteiger partial charge on any atom is 0.296 e. The lowest BCUT2D eigenvalue weighted by Gasteiger charge is -2.13. The number of ether oxygens (including phenoxy) is 1. The predicted molar refractivity (Wildman–Crippen MR) is 141 cm³/mol. The molecular formula is C26H24N4O6S. The summed E-state index contributed by atoms with van der Waals surface area (Å²) in [5.74, 6) is -0.483. The zero-order chi connectivity index (χ0) is 26.7. The third kappa shape index (κ3) is 5.52. The molecule has 11 heteroatoms. The van der Waals surface area contributed by atoms with Crippen molar-refractivity contribution in [1.29, 1.82) is 0 Å². The van der Waals surface area contributed by atoms with Crippen molar-refractivity contribution < 1.29 is 27.6 Å². The normalized spacial score (nSPS) is 11.6. The van der Waals surface area contributed by atoms with E-state index in [0.29, 0.717) is 22.7 Å². The molecule has 0 unspecified atom stereocenters. The molecule has 4 aromatic rings. The van der Waals surface area contributed by atoms with Gasteiger partial charge in [-0.05, 0) is 66.0 Å². The Hall–Kier alpha value is -4.48. The quantitative estimate of drug-likeness (QED) is 0.215. The Kier molecular flexibility index (Phi) is 7.09. The minimum atomic E-state index is -4.79. The first-order valence-electron chi connectivity index (χ1n) is 11.0. The Labute approximate surface area is 213 Å². The van der Waals surface area contributed by atoms with E-state index in [1.807, 2.05) is 31.1 Å². The number of para-hydroxylation sites is 1. The number of anilines is 2. The number of rotatable bonds is 7. The molecule has 0 aromatic heterocycles. The van der Waals surface area contributed by atoms with Crippen LogP contribution in [0.5, 0.6) is 11.5 Å². The lowest BCUT2D eigenvalue weighted by atomic mass is 10.1. The topological polar surface area (TPSA) is 141 Å². The zero-order valence-corrected chi connectivity index (χ0v) is 21.0. The van der Waals surface area contributed by atoms with Crippen LogP contribution < -0.4 is 15.0 Å². The van der Waals surface area contributed by atoms with Crippen molar-refractivity contribution in [2.24, 2.45) is 10.2 Å². The van der Waals surface area contributed by atoms with Gasteiger partial charge in [0.2, 0.25) is 0 Å². The van der Waals surface area contributed by atoms with Crippen LogP contribution in [0.25, 0.3) is 10.8 Å². The van der Waals surface area contributed by atoms with Crippen LogP contribution >= 0.6 is 0 Å². The Bertz CT molecular complexity index is 1620. The van der Waals surface area contributed by atoms with Gasteiger partial charge in [0.25, 0.3) is 16.0 Å². The highest BCUT2D eigenvalue weighted by Crippen LogP contribution is 2.42. The van der Waals surface area contributed by atoms with Gasteiger partial charge in [-0.15, -0.1) is 10.2 Å². The number of phenols is 1. The van der Waals surface area contributed by atoms with E-state index in [-0.39, 0.29) is 16.7 Å². The first-order valence-corrected chi connectivity index (χ1v) is 12.4. The molecule has 0 saturated carbocycles. The number of amides is 1. The minimum Gasteiger partial charge on any atom is -0.505 e. The molecule has 0 aliphatic rings. The van der Waals surface area contributed by atoms with Gasteiger partial charge in [0.05, 0.1) is 7.11 Å². The molecule has 4 aromatic carbocycles. The van der Waals surface area contributed by atoms with Crippen LogP contribution in [-0.2, 0) is 10.1 Å². The highest BCUT2D eigenvalue weighted by Gasteiger charge is 2.22. The van der Waals surface area contributed by atoms with Gasteiger partial charge in [0, 0.05) is 36.4 Å². The van der Waals surface area contributed by atoms with Crippen molar-refractivity contribution in [1.82, 2.24) is 0 Å². The van der Waals surface area contributed by atoms with Gasteiger partial charge in [0.15, 0.2) is 5.75 Å². The SMILES string of the molecule is COc1ccccc1N=Nc1c(S(=O)(=O)O)cc2cc(NC(=O)c3ccc(N(C)C)cc3)ccc2c1O. The van der Waals surface area contributed by atoms with Crippen molar-refractivity contribution in [3.63, 3.8) is 0 Å². The molecule has 0 bridgehead atoms. The number of carbonyl (C=O) groups is 1. The second kappa shape index (κ2) is 10.2. The number of hydrogen-bond acceptors (Lipinski definition) is 8. The smallest absolute Gasteiger partial charge is 0.296 e. The van der Waals surface area contributed by atoms with Crippen LogP contribution in [0.3, 0.4) is 0 Å². The van der Waals surface area contributed by atoms with Crippen LogP contribution in [0.1, 0.15) is 10.4 Å². The van der Waals surface area contributed by atoms with Gasteiger partial charge in [-0.3, -0.25) is 9.35 Å². The van der Waals surface area contributed by atoms with E-state index in [1.54, 1.807) is 42.5 Å². The van der Waals surface area contributed by atoms with E-state index in [4.69, 9.17) is 4.74 Å². The fourth-order valence-corrected chi connectivity index (χ4v) is 4.31. The molecule has 10 nitrogen and oxygen atoms in total. The van der Waals surface area contributed by atoms with E-state index < -0.39 is 26.5 Å². The summed E-state index contributed by atoms with van der Waals surface area (Å²) < 4.78 is 39.3. The van der Waals surface area contributed by atoms with E-state index in [1.165, 1.54) is 19.2 Å². The number of hydrogen-bond donors (Lipinski definition) is 3. The van der Waals surface area contributed by atoms with Crippen molar-refractivity contribution in [3.8, 4) is 11.5 Å². The van der Waals surface area contributed by atoms with Crippen molar-refractivity contribution in [2.75, 3.05) is 31.4 Å². The number of nitrogens with zero attached hydrogens (tertiary/aromatic N) is 3. The van der Waals surface area contributed by atoms with Crippen molar-refractivity contribution in [2.45, 2.75) is 4.90 Å². The van der Waals surface area contributed by atoms with Crippen LogP contribution in [0, 0.1) is 0 Å². The van der Waals surface area contributed by atoms with Crippen molar-refractivity contribution >= 4 is 49.5 Å². The zero-order valence-electron chi connectivity index (χ0n) is 20.2. The number of benzene rings is 4. The maximum atomic E-state index is 12.7. The molecule has 0 aliphatic carbocycles. The highest BCUT2D eigenvalue weighted by molar-refractivity contribution is 7.86. The molecule has 0 aliphatic heterocycles. The third-order valence-electron chi connectivity index (χ3n) is 5.58. The Morgan fingerprint density at radius 3 is 2.32 bits per heavy atom. The number of methoxy groups -OCH3 is 1. The number of azo groups is 1. The van der Waals surface area contributed by atoms with Gasteiger partial charge < -0.3 is 20.1 Å². The van der Waals surface area contributed by atoms with Gasteiger partial charge in [-0.2, -0.15) is 8.42 Å². The lowest BCUT2D eigenvalue weighted by Crippen LogP contribution is -2.13. The van der Waals surface area contributed by atoms with E-state index in [9.17, 15) is 22.9 Å². The summed E-state index contributed by atoms with van der Waals surface area (Å²) in [4.78, 5) is 14.0. The number of nitrogens with one attached hydrogen (secondary N) is 1. The molecule has 3 N–H and O–H groups in total. The van der Waals surface area contributed by atoms with Crippen LogP contribution in [0.4, 0.5) is 22.7 Å². The van der Waals surface area contributed by atoms with Crippen LogP contribution in [0.2, 0.25) is 0 Å². The van der Waals surface area contributed by atoms with E-state index in [2.05, 4.69) is 15.5 Å². The summed E-state index contributed by atoms with van der Waals surface area (Å²) in [6.45, 7) is 0. The Balaban J connectivity index is 1.72. The predicted octanol–water partition coefficient (Wildman–Crippen LogP) is 5.53. The largest absolute Gasteiger partial charge is 0.505 e. The van der Waals surface area contributed by atoms with Gasteiger partial charge in [-0.1, -0.05) is 12.1 Å². The summed E-state index contributed by atoms with van der Waals surface area (Å²) in [7, 11) is 0.440. The average molecular weight is 521 g/mol. The molecule has 4 rings (SSSR count). The second-order valence-corrected chi connectivity index (χ2v) is 9.64. The summed E-state index contributed by atoms with van der Waals surface area (Å²) in [5.41, 5.74) is 1.59. The number of carbonyl (C=O) groups excluding carboxylic acids is 1. The van der Waals surface area contributed by atoms with Gasteiger partial charge >= 0.3 is 0 Å². The molecule has 0 fully saturated rings. The molecule has 0 saturated heterocycles. The fraction of sp³-hybridized carbons (Fsp3) is 0.115. The summed E-state index contributed by atoms with van der Waals surface area (Å²) >= 11 is 0. The molecule has 0 radical (unpaired) electrons. The molecule has 0 heterocycles. The Morgan fingerprint density at radius 2 is 1.68 bits per heavy atom. The fourth-order valence-electron chi connectivity index (χ4n) is 3.65. The third-order valence-corrected chi connectivity index (χ3v) is 6.44. The highest BCUT2D eigenvalue weighted by atomic mass is 32.2. The molecule has 1 amide bonds. The monoisotopic (exact) mass is 520 g/mol. The first-order chi connectivity index (χ1) is 17.6. The number of fused-ring (bicyclic) bond motifs is 1. The molecule has 190 valence electrons. The maximum absolute atomic E-state index is 12.7. The standard InChI is InChI=1S/C26H24N4O6S/c1-30(2)19-11-8-16(9-12-19)26(32)27-18-10-13-20-17(14-18)15-23(37(33,34)35)24(25(20)31)29-28-21-6-4-5-7-22(21)36-3/h4-15,31H,1-3H3,(H,27,32)(H,33,34,35).